The number of nitrogens with zero attached hydrogens (tertiary/aromatic N) is 2. The van der Waals surface area contributed by atoms with Crippen molar-refractivity contribution >= 4 is 29.3 Å². The van der Waals surface area contributed by atoms with Crippen LogP contribution in [0.1, 0.15) is 12.5 Å². The summed E-state index contributed by atoms with van der Waals surface area (Å²) in [5, 5.41) is 7.42. The summed E-state index contributed by atoms with van der Waals surface area (Å²) < 4.78 is 0. The van der Waals surface area contributed by atoms with E-state index < -0.39 is 5.97 Å². The summed E-state index contributed by atoms with van der Waals surface area (Å²) in [6.07, 6.45) is 3.80. The second kappa shape index (κ2) is 4.10. The maximum atomic E-state index is 9.00. The normalized spacial score (nSPS) is 14.3. The van der Waals surface area contributed by atoms with Crippen molar-refractivity contribution in [1.29, 1.82) is 0 Å². The number of allylic oxidation sites excluding steroid dienone is 1. The summed E-state index contributed by atoms with van der Waals surface area (Å²) in [6.45, 7) is 1.08. The van der Waals surface area contributed by atoms with Crippen LogP contribution >= 0.6 is 0 Å². The minimum absolute atomic E-state index is 0.833. The van der Waals surface area contributed by atoms with Gasteiger partial charge in [0.25, 0.3) is 5.97 Å². The first-order valence-electron chi connectivity index (χ1n) is 4.81. The molecule has 1 N–H and O–H groups in total. The van der Waals surface area contributed by atoms with Gasteiger partial charge in [0.05, 0.1) is 5.69 Å². The highest BCUT2D eigenvalue weighted by Crippen LogP contribution is 2.35. The topological polar surface area (TPSA) is 62.0 Å². The van der Waals surface area contributed by atoms with Crippen molar-refractivity contribution in [3.63, 3.8) is 0 Å². The number of fused-ring (bicyclic) bond motifs is 3. The van der Waals surface area contributed by atoms with E-state index in [0.717, 1.165) is 24.0 Å². The van der Waals surface area contributed by atoms with E-state index >= 15 is 0 Å². The molecular formula is C12H10N2O2. The molecule has 0 saturated heterocycles. The average Bonchev–Trinajstić information content (AvgIpc) is 2.75. The zero-order valence-corrected chi connectivity index (χ0v) is 8.71. The Morgan fingerprint density at radius 1 is 1.31 bits per heavy atom. The van der Waals surface area contributed by atoms with Crippen LogP contribution in [0.4, 0.5) is 5.69 Å². The number of benzene rings is 1. The fraction of sp³-hybridized carbons (Fsp3) is 0.0833. The van der Waals surface area contributed by atoms with Gasteiger partial charge < -0.3 is 5.11 Å². The van der Waals surface area contributed by atoms with Gasteiger partial charge >= 0.3 is 0 Å². The molecule has 0 saturated carbocycles. The van der Waals surface area contributed by atoms with Gasteiger partial charge in [-0.3, -0.25) is 4.79 Å². The molecule has 4 heteroatoms. The highest BCUT2D eigenvalue weighted by atomic mass is 16.4. The van der Waals surface area contributed by atoms with Gasteiger partial charge in [-0.1, -0.05) is 18.2 Å². The van der Waals surface area contributed by atoms with Gasteiger partial charge in [0.2, 0.25) is 0 Å². The van der Waals surface area contributed by atoms with E-state index in [9.17, 15) is 0 Å². The Bertz CT molecular complexity index is 524. The minimum atomic E-state index is -0.833. The van der Waals surface area contributed by atoms with Gasteiger partial charge in [-0.2, -0.15) is 0 Å². The lowest BCUT2D eigenvalue weighted by Gasteiger charge is -1.94. The molecule has 3 rings (SSSR count). The molecule has 0 bridgehead atoms. The number of rotatable bonds is 0. The van der Waals surface area contributed by atoms with Crippen molar-refractivity contribution < 1.29 is 9.90 Å². The first-order chi connectivity index (χ1) is 7.68. The summed E-state index contributed by atoms with van der Waals surface area (Å²) in [6, 6.07) is 8.11. The first-order valence-corrected chi connectivity index (χ1v) is 4.81. The number of amidine groups is 1. The SMILES string of the molecule is C1=NC2=Nc3ccccc3C2=C1.CC(=O)O. The molecule has 0 spiro atoms. The van der Waals surface area contributed by atoms with Gasteiger partial charge in [-0.15, -0.1) is 0 Å². The predicted molar refractivity (Wildman–Crippen MR) is 63.3 cm³/mol. The van der Waals surface area contributed by atoms with Crippen LogP contribution in [-0.4, -0.2) is 23.1 Å². The largest absolute Gasteiger partial charge is 0.481 e. The summed E-state index contributed by atoms with van der Waals surface area (Å²) in [4.78, 5) is 17.5. The van der Waals surface area contributed by atoms with Crippen molar-refractivity contribution in [2.24, 2.45) is 9.98 Å². The Kier molecular flexibility index (Phi) is 2.64. The number of hydrogen-bond acceptors (Lipinski definition) is 3. The molecule has 1 aromatic rings. The molecule has 4 nitrogen and oxygen atoms in total. The quantitative estimate of drug-likeness (QED) is 0.720. The third kappa shape index (κ3) is 1.91. The molecule has 0 radical (unpaired) electrons. The van der Waals surface area contributed by atoms with Crippen molar-refractivity contribution in [2.45, 2.75) is 6.92 Å². The molecule has 0 aromatic heterocycles. The molecule has 2 aliphatic heterocycles. The van der Waals surface area contributed by atoms with E-state index in [1.807, 2.05) is 24.3 Å². The van der Waals surface area contributed by atoms with E-state index in [0.29, 0.717) is 0 Å². The van der Waals surface area contributed by atoms with Crippen LogP contribution in [0.5, 0.6) is 0 Å². The zero-order chi connectivity index (χ0) is 11.5. The molecule has 2 aliphatic rings. The molecule has 0 amide bonds. The summed E-state index contributed by atoms with van der Waals surface area (Å²) in [7, 11) is 0. The molecule has 2 heterocycles. The number of hydrogen-bond donors (Lipinski definition) is 1. The maximum Gasteiger partial charge on any atom is 0.300 e. The highest BCUT2D eigenvalue weighted by molar-refractivity contribution is 6.35. The molecule has 0 atom stereocenters. The summed E-state index contributed by atoms with van der Waals surface area (Å²) >= 11 is 0. The Morgan fingerprint density at radius 2 is 2.00 bits per heavy atom. The average molecular weight is 214 g/mol. The Balaban J connectivity index is 0.000000212. The van der Waals surface area contributed by atoms with E-state index in [4.69, 9.17) is 9.90 Å². The number of carboxylic acid groups (broad SMARTS) is 1. The number of carbonyl (C=O) groups is 1. The summed E-state index contributed by atoms with van der Waals surface area (Å²) in [5.41, 5.74) is 3.39. The van der Waals surface area contributed by atoms with Crippen LogP contribution in [0.2, 0.25) is 0 Å². The molecule has 0 fully saturated rings. The molecule has 0 unspecified atom stereocenters. The Morgan fingerprint density at radius 3 is 2.75 bits per heavy atom. The summed E-state index contributed by atoms with van der Waals surface area (Å²) in [5.74, 6) is 0.0243. The molecular weight excluding hydrogens is 204 g/mol. The second-order valence-corrected chi connectivity index (χ2v) is 3.33. The lowest BCUT2D eigenvalue weighted by atomic mass is 10.1. The van der Waals surface area contributed by atoms with Crippen molar-refractivity contribution in [1.82, 2.24) is 0 Å². The van der Waals surface area contributed by atoms with E-state index in [1.165, 1.54) is 5.56 Å². The maximum absolute atomic E-state index is 9.00. The van der Waals surface area contributed by atoms with Gasteiger partial charge in [0, 0.05) is 24.3 Å². The van der Waals surface area contributed by atoms with Gasteiger partial charge in [-0.25, -0.2) is 9.98 Å². The first kappa shape index (κ1) is 10.3. The highest BCUT2D eigenvalue weighted by Gasteiger charge is 2.21. The van der Waals surface area contributed by atoms with Crippen molar-refractivity contribution in [3.05, 3.63) is 35.9 Å². The predicted octanol–water partition coefficient (Wildman–Crippen LogP) is 2.29. The molecule has 80 valence electrons. The fourth-order valence-electron chi connectivity index (χ4n) is 1.54. The van der Waals surface area contributed by atoms with Crippen LogP contribution in [0.3, 0.4) is 0 Å². The standard InChI is InChI=1S/C10H6N2.C2H4O2/c1-2-4-9-7(3-1)8-5-6-11-10(8)12-9;1-2(3)4/h1-6H;1H3,(H,3,4). The number of aliphatic imine (C=N–C) groups is 2. The van der Waals surface area contributed by atoms with Crippen LogP contribution in [0.25, 0.3) is 5.57 Å². The van der Waals surface area contributed by atoms with E-state index in [-0.39, 0.29) is 0 Å². The monoisotopic (exact) mass is 214 g/mol. The van der Waals surface area contributed by atoms with Gasteiger partial charge in [0.1, 0.15) is 0 Å². The van der Waals surface area contributed by atoms with Crippen molar-refractivity contribution in [2.75, 3.05) is 0 Å². The molecule has 16 heavy (non-hydrogen) atoms. The van der Waals surface area contributed by atoms with Crippen LogP contribution in [0.15, 0.2) is 40.3 Å². The smallest absolute Gasteiger partial charge is 0.300 e. The van der Waals surface area contributed by atoms with Gasteiger partial charge in [0.15, 0.2) is 5.84 Å². The number of aliphatic carboxylic acids is 1. The van der Waals surface area contributed by atoms with Gasteiger partial charge in [-0.05, 0) is 12.1 Å². The molecule has 0 aliphatic carbocycles. The number of para-hydroxylation sites is 1. The minimum Gasteiger partial charge on any atom is -0.481 e. The van der Waals surface area contributed by atoms with Crippen LogP contribution < -0.4 is 0 Å². The van der Waals surface area contributed by atoms with E-state index in [2.05, 4.69) is 16.1 Å². The van der Waals surface area contributed by atoms with Crippen LogP contribution in [0, 0.1) is 0 Å². The second-order valence-electron chi connectivity index (χ2n) is 3.33. The Labute approximate surface area is 92.7 Å². The lowest BCUT2D eigenvalue weighted by Crippen LogP contribution is -1.85. The van der Waals surface area contributed by atoms with Crippen LogP contribution in [-0.2, 0) is 4.79 Å². The third-order valence-corrected chi connectivity index (χ3v) is 2.10. The third-order valence-electron chi connectivity index (χ3n) is 2.10. The lowest BCUT2D eigenvalue weighted by molar-refractivity contribution is -0.134. The zero-order valence-electron chi connectivity index (χ0n) is 8.71. The number of carboxylic acids is 1. The fourth-order valence-corrected chi connectivity index (χ4v) is 1.54. The van der Waals surface area contributed by atoms with E-state index in [1.54, 1.807) is 6.21 Å². The molecule has 1 aromatic carbocycles. The van der Waals surface area contributed by atoms with Crippen molar-refractivity contribution in [3.8, 4) is 0 Å². The Hall–Kier alpha value is -2.23.